The van der Waals surface area contributed by atoms with Gasteiger partial charge in [0.25, 0.3) is 0 Å². The molecule has 1 aromatic heterocycles. The number of nitrogen functional groups attached to an aromatic ring is 1. The lowest BCUT2D eigenvalue weighted by atomic mass is 10.2. The lowest BCUT2D eigenvalue weighted by Crippen LogP contribution is -2.07. The molecule has 0 aliphatic carbocycles. The number of halogens is 1. The van der Waals surface area contributed by atoms with Crippen molar-refractivity contribution in [2.45, 2.75) is 6.54 Å². The van der Waals surface area contributed by atoms with E-state index in [1.54, 1.807) is 0 Å². The Labute approximate surface area is 126 Å². The third-order valence-electron chi connectivity index (χ3n) is 3.22. The van der Waals surface area contributed by atoms with Crippen LogP contribution in [0.3, 0.4) is 0 Å². The highest BCUT2D eigenvalue weighted by molar-refractivity contribution is 9.10. The summed E-state index contributed by atoms with van der Waals surface area (Å²) in [6, 6.07) is 15.8. The monoisotopic (exact) mass is 330 g/mol. The summed E-state index contributed by atoms with van der Waals surface area (Å²) in [6.45, 7) is 1.42. The molecule has 0 atom stereocenters. The van der Waals surface area contributed by atoms with E-state index in [4.69, 9.17) is 10.5 Å². The Morgan fingerprint density at radius 1 is 1.05 bits per heavy atom. The minimum atomic E-state index is 0.620. The first-order valence-corrected chi connectivity index (χ1v) is 7.25. The predicted octanol–water partition coefficient (Wildman–Crippen LogP) is 4.07. The number of nitrogens with two attached hydrogens (primary N) is 1. The molecule has 102 valence electrons. The van der Waals surface area contributed by atoms with Crippen LogP contribution in [0.5, 0.6) is 5.75 Å². The summed E-state index contributed by atoms with van der Waals surface area (Å²) in [6.07, 6.45) is 2.09. The molecular weight excluding hydrogens is 316 g/mol. The van der Waals surface area contributed by atoms with E-state index in [1.807, 2.05) is 36.4 Å². The molecular formula is C16H15BrN2O. The molecule has 0 unspecified atom stereocenters. The van der Waals surface area contributed by atoms with Gasteiger partial charge in [0.2, 0.25) is 0 Å². The molecule has 0 bridgehead atoms. The standard InChI is InChI=1S/C16H15BrN2O/c17-15-11-19(16-4-2-1-3-14(15)16)9-10-20-13-7-5-12(18)6-8-13/h1-8,11H,9-10,18H2. The topological polar surface area (TPSA) is 40.2 Å². The fourth-order valence-electron chi connectivity index (χ4n) is 2.21. The van der Waals surface area contributed by atoms with Crippen molar-refractivity contribution in [1.82, 2.24) is 4.57 Å². The van der Waals surface area contributed by atoms with Crippen LogP contribution >= 0.6 is 15.9 Å². The van der Waals surface area contributed by atoms with E-state index in [9.17, 15) is 0 Å². The molecule has 1 heterocycles. The maximum atomic E-state index is 5.73. The highest BCUT2D eigenvalue weighted by atomic mass is 79.9. The number of hydrogen-bond donors (Lipinski definition) is 1. The Morgan fingerprint density at radius 2 is 1.80 bits per heavy atom. The number of anilines is 1. The first-order valence-electron chi connectivity index (χ1n) is 6.46. The van der Waals surface area contributed by atoms with Gasteiger partial charge < -0.3 is 15.0 Å². The zero-order valence-electron chi connectivity index (χ0n) is 10.9. The van der Waals surface area contributed by atoms with Gasteiger partial charge in [0.05, 0.1) is 6.54 Å². The third kappa shape index (κ3) is 2.65. The molecule has 3 nitrogen and oxygen atoms in total. The molecule has 3 rings (SSSR count). The third-order valence-corrected chi connectivity index (χ3v) is 3.85. The van der Waals surface area contributed by atoms with Crippen molar-refractivity contribution >= 4 is 32.5 Å². The van der Waals surface area contributed by atoms with Gasteiger partial charge in [-0.1, -0.05) is 18.2 Å². The zero-order chi connectivity index (χ0) is 13.9. The average molecular weight is 331 g/mol. The summed E-state index contributed by atoms with van der Waals surface area (Å²) < 4.78 is 9.03. The van der Waals surface area contributed by atoms with Crippen molar-refractivity contribution in [3.8, 4) is 5.75 Å². The van der Waals surface area contributed by atoms with Crippen LogP contribution in [0, 0.1) is 0 Å². The van der Waals surface area contributed by atoms with Crippen LogP contribution < -0.4 is 10.5 Å². The van der Waals surface area contributed by atoms with E-state index < -0.39 is 0 Å². The van der Waals surface area contributed by atoms with E-state index in [2.05, 4.69) is 38.8 Å². The van der Waals surface area contributed by atoms with Crippen LogP contribution in [-0.2, 0) is 6.54 Å². The Kier molecular flexibility index (Phi) is 3.65. The fraction of sp³-hybridized carbons (Fsp3) is 0.125. The first kappa shape index (κ1) is 13.1. The van der Waals surface area contributed by atoms with Crippen molar-refractivity contribution in [1.29, 1.82) is 0 Å². The maximum Gasteiger partial charge on any atom is 0.119 e. The summed E-state index contributed by atoms with van der Waals surface area (Å²) in [7, 11) is 0. The van der Waals surface area contributed by atoms with Crippen LogP contribution in [0.4, 0.5) is 5.69 Å². The number of aromatic nitrogens is 1. The quantitative estimate of drug-likeness (QED) is 0.732. The number of benzene rings is 2. The second-order valence-electron chi connectivity index (χ2n) is 4.61. The van der Waals surface area contributed by atoms with Crippen LogP contribution in [-0.4, -0.2) is 11.2 Å². The number of hydrogen-bond acceptors (Lipinski definition) is 2. The predicted molar refractivity (Wildman–Crippen MR) is 86.0 cm³/mol. The molecule has 0 aliphatic rings. The number of rotatable bonds is 4. The van der Waals surface area contributed by atoms with Crippen molar-refractivity contribution in [2.24, 2.45) is 0 Å². The number of ether oxygens (including phenoxy) is 1. The van der Waals surface area contributed by atoms with E-state index in [1.165, 1.54) is 10.9 Å². The highest BCUT2D eigenvalue weighted by Gasteiger charge is 2.05. The van der Waals surface area contributed by atoms with E-state index in [0.717, 1.165) is 22.5 Å². The number of nitrogens with zero attached hydrogens (tertiary/aromatic N) is 1. The summed E-state index contributed by atoms with van der Waals surface area (Å²) in [4.78, 5) is 0. The highest BCUT2D eigenvalue weighted by Crippen LogP contribution is 2.25. The molecule has 2 aromatic carbocycles. The lowest BCUT2D eigenvalue weighted by Gasteiger charge is -2.08. The smallest absolute Gasteiger partial charge is 0.119 e. The Bertz CT molecular complexity index is 719. The Balaban J connectivity index is 1.70. The van der Waals surface area contributed by atoms with Crippen LogP contribution in [0.1, 0.15) is 0 Å². The summed E-state index contributed by atoms with van der Waals surface area (Å²) in [5.41, 5.74) is 7.60. The van der Waals surface area contributed by atoms with Gasteiger partial charge in [-0.05, 0) is 46.3 Å². The number of para-hydroxylation sites is 1. The molecule has 0 saturated heterocycles. The van der Waals surface area contributed by atoms with E-state index in [0.29, 0.717) is 6.61 Å². The van der Waals surface area contributed by atoms with Gasteiger partial charge in [-0.25, -0.2) is 0 Å². The minimum absolute atomic E-state index is 0.620. The van der Waals surface area contributed by atoms with Gasteiger partial charge >= 0.3 is 0 Å². The van der Waals surface area contributed by atoms with Crippen molar-refractivity contribution in [2.75, 3.05) is 12.3 Å². The molecule has 20 heavy (non-hydrogen) atoms. The molecule has 2 N–H and O–H groups in total. The normalized spacial score (nSPS) is 10.8. The van der Waals surface area contributed by atoms with Crippen LogP contribution in [0.2, 0.25) is 0 Å². The molecule has 0 saturated carbocycles. The molecule has 0 radical (unpaired) electrons. The van der Waals surface area contributed by atoms with Crippen molar-refractivity contribution < 1.29 is 4.74 Å². The van der Waals surface area contributed by atoms with Gasteiger partial charge in [-0.3, -0.25) is 0 Å². The molecule has 4 heteroatoms. The zero-order valence-corrected chi connectivity index (χ0v) is 12.5. The van der Waals surface area contributed by atoms with Crippen LogP contribution in [0.25, 0.3) is 10.9 Å². The van der Waals surface area contributed by atoms with Gasteiger partial charge in [0, 0.05) is 27.3 Å². The Morgan fingerprint density at radius 3 is 2.60 bits per heavy atom. The molecule has 3 aromatic rings. The van der Waals surface area contributed by atoms with Gasteiger partial charge in [-0.15, -0.1) is 0 Å². The van der Waals surface area contributed by atoms with Gasteiger partial charge in [-0.2, -0.15) is 0 Å². The largest absolute Gasteiger partial charge is 0.492 e. The van der Waals surface area contributed by atoms with Gasteiger partial charge in [0.15, 0.2) is 0 Å². The summed E-state index contributed by atoms with van der Waals surface area (Å²) >= 11 is 3.59. The first-order chi connectivity index (χ1) is 9.74. The molecule has 0 spiro atoms. The lowest BCUT2D eigenvalue weighted by molar-refractivity contribution is 0.300. The summed E-state index contributed by atoms with van der Waals surface area (Å²) in [5, 5.41) is 1.22. The van der Waals surface area contributed by atoms with Crippen molar-refractivity contribution in [3.05, 3.63) is 59.2 Å². The molecule has 0 aliphatic heterocycles. The fourth-order valence-corrected chi connectivity index (χ4v) is 2.80. The average Bonchev–Trinajstić information content (AvgIpc) is 2.79. The van der Waals surface area contributed by atoms with Gasteiger partial charge in [0.1, 0.15) is 12.4 Å². The number of fused-ring (bicyclic) bond motifs is 1. The second-order valence-corrected chi connectivity index (χ2v) is 5.46. The van der Waals surface area contributed by atoms with Crippen molar-refractivity contribution in [3.63, 3.8) is 0 Å². The van der Waals surface area contributed by atoms with Crippen LogP contribution in [0.15, 0.2) is 59.2 Å². The maximum absolute atomic E-state index is 5.73. The van der Waals surface area contributed by atoms with E-state index >= 15 is 0 Å². The Hall–Kier alpha value is -1.94. The van der Waals surface area contributed by atoms with E-state index in [-0.39, 0.29) is 0 Å². The second kappa shape index (κ2) is 5.59. The molecule has 0 fully saturated rings. The SMILES string of the molecule is Nc1ccc(OCCn2cc(Br)c3ccccc32)cc1. The molecule has 0 amide bonds. The summed E-state index contributed by atoms with van der Waals surface area (Å²) in [5.74, 6) is 0.842. The minimum Gasteiger partial charge on any atom is -0.492 e.